The molecule has 0 fully saturated rings. The van der Waals surface area contributed by atoms with Crippen LogP contribution in [0.1, 0.15) is 0 Å². The van der Waals surface area contributed by atoms with Gasteiger partial charge in [-0.15, -0.1) is 22.7 Å². The lowest BCUT2D eigenvalue weighted by Crippen LogP contribution is -2.10. The van der Waals surface area contributed by atoms with Crippen molar-refractivity contribution in [2.24, 2.45) is 0 Å². The van der Waals surface area contributed by atoms with Gasteiger partial charge in [-0.25, -0.2) is 0 Å². The molecule has 0 atom stereocenters. The molecule has 13 rings (SSSR count). The molecule has 13 aromatic rings. The number of furan rings is 1. The standard InChI is InChI=1S/C58H35NOS2/c1-2-11-39-34-40(21-20-36(39)10-1)37-22-27-42(28-23-37)59(43-29-24-38(25-30-43)41-26-33-53-50(35-41)44-12-3-6-17-52(44)60-53)51-32-31-46(56-49-14-5-8-19-55(49)62-58(51)56)48-16-9-15-47-45-13-4-7-18-54(45)61-57(47)48/h1-35H. The van der Waals surface area contributed by atoms with E-state index in [0.29, 0.717) is 0 Å². The summed E-state index contributed by atoms with van der Waals surface area (Å²) in [5, 5.41) is 9.97. The molecule has 0 bridgehead atoms. The van der Waals surface area contributed by atoms with Crippen LogP contribution in [-0.4, -0.2) is 0 Å². The van der Waals surface area contributed by atoms with Gasteiger partial charge in [0.25, 0.3) is 0 Å². The molecule has 0 amide bonds. The maximum atomic E-state index is 6.17. The molecule has 3 aromatic heterocycles. The molecule has 2 nitrogen and oxygen atoms in total. The molecule has 0 radical (unpaired) electrons. The molecule has 0 saturated carbocycles. The lowest BCUT2D eigenvalue weighted by atomic mass is 9.96. The highest BCUT2D eigenvalue weighted by Gasteiger charge is 2.23. The smallest absolute Gasteiger partial charge is 0.135 e. The van der Waals surface area contributed by atoms with Crippen LogP contribution in [0.4, 0.5) is 17.1 Å². The first-order chi connectivity index (χ1) is 30.7. The Hall–Kier alpha value is -7.50. The van der Waals surface area contributed by atoms with Gasteiger partial charge in [0.2, 0.25) is 0 Å². The SMILES string of the molecule is c1ccc2cc(-c3ccc(N(c4ccc(-c5ccc6oc7ccccc7c6c5)cc4)c4ccc(-c5cccc6c5sc5ccccc56)c5c4sc4ccccc45)cc3)ccc2c1. The summed E-state index contributed by atoms with van der Waals surface area (Å²) in [5.41, 5.74) is 12.4. The molecule has 0 aliphatic carbocycles. The molecule has 0 aliphatic heterocycles. The van der Waals surface area contributed by atoms with Gasteiger partial charge in [-0.3, -0.25) is 0 Å². The zero-order chi connectivity index (χ0) is 40.7. The normalized spacial score (nSPS) is 11.9. The molecular formula is C58H35NOS2. The van der Waals surface area contributed by atoms with Gasteiger partial charge >= 0.3 is 0 Å². The lowest BCUT2D eigenvalue weighted by Gasteiger charge is -2.27. The molecule has 0 spiro atoms. The van der Waals surface area contributed by atoms with E-state index in [9.17, 15) is 0 Å². The third-order valence-corrected chi connectivity index (χ3v) is 14.9. The highest BCUT2D eigenvalue weighted by atomic mass is 32.1. The highest BCUT2D eigenvalue weighted by molar-refractivity contribution is 7.27. The van der Waals surface area contributed by atoms with E-state index < -0.39 is 0 Å². The van der Waals surface area contributed by atoms with Gasteiger partial charge in [0.1, 0.15) is 11.2 Å². The molecule has 0 aliphatic rings. The molecule has 290 valence electrons. The fourth-order valence-electron chi connectivity index (χ4n) is 9.48. The first-order valence-electron chi connectivity index (χ1n) is 21.0. The van der Waals surface area contributed by atoms with Gasteiger partial charge in [-0.2, -0.15) is 0 Å². The molecule has 10 aromatic carbocycles. The second-order valence-electron chi connectivity index (χ2n) is 16.0. The van der Waals surface area contributed by atoms with Crippen LogP contribution < -0.4 is 4.90 Å². The van der Waals surface area contributed by atoms with Crippen LogP contribution in [-0.2, 0) is 0 Å². The predicted octanol–water partition coefficient (Wildman–Crippen LogP) is 17.9. The van der Waals surface area contributed by atoms with Crippen LogP contribution in [0, 0.1) is 0 Å². The van der Waals surface area contributed by atoms with Crippen LogP contribution in [0.25, 0.3) is 106 Å². The van der Waals surface area contributed by atoms with Crippen molar-refractivity contribution in [2.45, 2.75) is 0 Å². The second kappa shape index (κ2) is 14.0. The second-order valence-corrected chi connectivity index (χ2v) is 18.1. The van der Waals surface area contributed by atoms with Gasteiger partial charge in [0.05, 0.1) is 10.4 Å². The quantitative estimate of drug-likeness (QED) is 0.166. The monoisotopic (exact) mass is 825 g/mol. The minimum absolute atomic E-state index is 0.907. The summed E-state index contributed by atoms with van der Waals surface area (Å²) in [6.07, 6.45) is 0. The van der Waals surface area contributed by atoms with E-state index in [1.54, 1.807) is 0 Å². The summed E-state index contributed by atoms with van der Waals surface area (Å²) >= 11 is 3.77. The van der Waals surface area contributed by atoms with Gasteiger partial charge in [0.15, 0.2) is 0 Å². The summed E-state index contributed by atoms with van der Waals surface area (Å²) in [6.45, 7) is 0. The maximum Gasteiger partial charge on any atom is 0.135 e. The number of nitrogens with zero attached hydrogens (tertiary/aromatic N) is 1. The third kappa shape index (κ3) is 5.61. The Morgan fingerprint density at radius 3 is 1.71 bits per heavy atom. The Morgan fingerprint density at radius 1 is 0.339 bits per heavy atom. The number of rotatable bonds is 6. The van der Waals surface area contributed by atoms with E-state index in [1.165, 1.54) is 73.4 Å². The largest absolute Gasteiger partial charge is 0.456 e. The molecule has 0 saturated heterocycles. The summed E-state index contributed by atoms with van der Waals surface area (Å²) in [6, 6.07) is 77.5. The highest BCUT2D eigenvalue weighted by Crippen LogP contribution is 2.50. The molecule has 3 heterocycles. The fourth-order valence-corrected chi connectivity index (χ4v) is 11.9. The van der Waals surface area contributed by atoms with E-state index >= 15 is 0 Å². The van der Waals surface area contributed by atoms with Gasteiger partial charge in [0, 0.05) is 63.4 Å². The van der Waals surface area contributed by atoms with Crippen molar-refractivity contribution in [1.29, 1.82) is 0 Å². The minimum Gasteiger partial charge on any atom is -0.456 e. The van der Waals surface area contributed by atoms with Crippen molar-refractivity contribution in [2.75, 3.05) is 4.90 Å². The van der Waals surface area contributed by atoms with Crippen molar-refractivity contribution in [3.63, 3.8) is 0 Å². The number of para-hydroxylation sites is 1. The number of fused-ring (bicyclic) bond motifs is 10. The zero-order valence-corrected chi connectivity index (χ0v) is 35.0. The molecule has 62 heavy (non-hydrogen) atoms. The van der Waals surface area contributed by atoms with Gasteiger partial charge in [-0.05, 0) is 105 Å². The minimum atomic E-state index is 0.907. The molecule has 0 N–H and O–H groups in total. The first kappa shape index (κ1) is 35.3. The van der Waals surface area contributed by atoms with Crippen LogP contribution >= 0.6 is 22.7 Å². The van der Waals surface area contributed by atoms with E-state index in [4.69, 9.17) is 4.42 Å². The van der Waals surface area contributed by atoms with Crippen molar-refractivity contribution >= 4 is 113 Å². The van der Waals surface area contributed by atoms with E-state index in [0.717, 1.165) is 50.1 Å². The van der Waals surface area contributed by atoms with E-state index in [1.807, 2.05) is 34.8 Å². The number of thiophene rings is 2. The van der Waals surface area contributed by atoms with Crippen LogP contribution in [0.3, 0.4) is 0 Å². The number of hydrogen-bond acceptors (Lipinski definition) is 4. The van der Waals surface area contributed by atoms with Gasteiger partial charge < -0.3 is 9.32 Å². The fraction of sp³-hybridized carbons (Fsp3) is 0. The summed E-state index contributed by atoms with van der Waals surface area (Å²) in [4.78, 5) is 2.45. The lowest BCUT2D eigenvalue weighted by molar-refractivity contribution is 0.669. The topological polar surface area (TPSA) is 16.4 Å². The molecule has 4 heteroatoms. The maximum absolute atomic E-state index is 6.17. The van der Waals surface area contributed by atoms with Crippen LogP contribution in [0.2, 0.25) is 0 Å². The van der Waals surface area contributed by atoms with Gasteiger partial charge in [-0.1, -0.05) is 146 Å². The van der Waals surface area contributed by atoms with Crippen molar-refractivity contribution in [1.82, 2.24) is 0 Å². The number of anilines is 3. The van der Waals surface area contributed by atoms with E-state index in [2.05, 4.69) is 205 Å². The third-order valence-electron chi connectivity index (χ3n) is 12.5. The Labute approximate surface area is 365 Å². The Kier molecular flexibility index (Phi) is 7.99. The number of benzene rings is 10. The van der Waals surface area contributed by atoms with Crippen LogP contribution in [0.5, 0.6) is 0 Å². The Bertz CT molecular complexity index is 3870. The molecule has 0 unspecified atom stereocenters. The van der Waals surface area contributed by atoms with Crippen molar-refractivity contribution < 1.29 is 4.42 Å². The van der Waals surface area contributed by atoms with Crippen LogP contribution in [0.15, 0.2) is 217 Å². The summed E-state index contributed by atoms with van der Waals surface area (Å²) in [7, 11) is 0. The average molecular weight is 826 g/mol. The molecular weight excluding hydrogens is 791 g/mol. The Balaban J connectivity index is 0.992. The van der Waals surface area contributed by atoms with E-state index in [-0.39, 0.29) is 0 Å². The summed E-state index contributed by atoms with van der Waals surface area (Å²) in [5.74, 6) is 0. The predicted molar refractivity (Wildman–Crippen MR) is 268 cm³/mol. The van der Waals surface area contributed by atoms with Crippen molar-refractivity contribution in [3.8, 4) is 33.4 Å². The zero-order valence-electron chi connectivity index (χ0n) is 33.4. The average Bonchev–Trinajstić information content (AvgIpc) is 4.04. The Morgan fingerprint density at radius 2 is 0.919 bits per heavy atom. The summed E-state index contributed by atoms with van der Waals surface area (Å²) < 4.78 is 11.4. The first-order valence-corrected chi connectivity index (χ1v) is 22.6. The number of hydrogen-bond donors (Lipinski definition) is 0. The van der Waals surface area contributed by atoms with Crippen molar-refractivity contribution in [3.05, 3.63) is 212 Å².